The number of nitrogens with zero attached hydrogens (tertiary/aromatic N) is 1. The Morgan fingerprint density at radius 3 is 2.67 bits per heavy atom. The highest BCUT2D eigenvalue weighted by Gasteiger charge is 2.11. The van der Waals surface area contributed by atoms with Crippen LogP contribution in [0.4, 0.5) is 0 Å². The van der Waals surface area contributed by atoms with Crippen molar-refractivity contribution in [2.24, 2.45) is 0 Å². The number of hydrogen-bond acceptors (Lipinski definition) is 3. The minimum atomic E-state index is -0.761. The second-order valence-electron chi connectivity index (χ2n) is 2.03. The summed E-state index contributed by atoms with van der Waals surface area (Å²) in [4.78, 5) is 2.00. The third-order valence-corrected chi connectivity index (χ3v) is 3.58. The molecule has 1 atom stereocenters. The first kappa shape index (κ1) is 7.15. The largest absolute Gasteiger partial charge is 0.380 e. The monoisotopic (exact) mass is 163 g/mol. The molecule has 0 aliphatic carbocycles. The first-order chi connectivity index (χ1) is 4.20. The second kappa shape index (κ2) is 2.75. The molecule has 52 valence electrons. The van der Waals surface area contributed by atoms with E-state index < -0.39 is 9.83 Å². The van der Waals surface area contributed by atoms with Crippen molar-refractivity contribution in [1.29, 1.82) is 0 Å². The molecule has 1 heterocycles. The molecular weight excluding hydrogens is 154 g/mol. The van der Waals surface area contributed by atoms with Gasteiger partial charge < -0.3 is 4.90 Å². The van der Waals surface area contributed by atoms with Crippen LogP contribution < -0.4 is 0 Å². The molecule has 0 aromatic rings. The van der Waals surface area contributed by atoms with Gasteiger partial charge in [0.15, 0.2) is 0 Å². The van der Waals surface area contributed by atoms with Crippen molar-refractivity contribution in [3.63, 3.8) is 0 Å². The van der Waals surface area contributed by atoms with Gasteiger partial charge in [-0.1, -0.05) is 10.8 Å². The van der Waals surface area contributed by atoms with Gasteiger partial charge in [-0.3, -0.25) is 0 Å². The van der Waals surface area contributed by atoms with Crippen molar-refractivity contribution in [2.75, 3.05) is 19.8 Å². The van der Waals surface area contributed by atoms with Crippen LogP contribution in [0.5, 0.6) is 0 Å². The Hall–Kier alpha value is 0.0400. The maximum atomic E-state index is 10.7. The lowest BCUT2D eigenvalue weighted by atomic mass is 10.5. The molecule has 0 saturated heterocycles. The van der Waals surface area contributed by atoms with Crippen LogP contribution in [0.1, 0.15) is 0 Å². The Balaban J connectivity index is 2.62. The van der Waals surface area contributed by atoms with E-state index in [2.05, 4.69) is 0 Å². The Kier molecular flexibility index (Phi) is 2.18. The van der Waals surface area contributed by atoms with E-state index in [1.165, 1.54) is 16.5 Å². The Labute approximate surface area is 61.2 Å². The molecule has 0 fully saturated rings. The van der Waals surface area contributed by atoms with E-state index in [-0.39, 0.29) is 0 Å². The van der Waals surface area contributed by atoms with Crippen LogP contribution in [-0.2, 0) is 9.83 Å². The van der Waals surface area contributed by atoms with Gasteiger partial charge in [0.25, 0.3) is 0 Å². The predicted octanol–water partition coefficient (Wildman–Crippen LogP) is 0.800. The SMILES string of the molecule is CN(C)C1=CS(=O)SC1. The van der Waals surface area contributed by atoms with E-state index in [9.17, 15) is 4.21 Å². The molecule has 1 aliphatic rings. The summed E-state index contributed by atoms with van der Waals surface area (Å²) in [5.41, 5.74) is 1.17. The summed E-state index contributed by atoms with van der Waals surface area (Å²) in [6.07, 6.45) is 0. The van der Waals surface area contributed by atoms with Crippen molar-refractivity contribution in [3.8, 4) is 0 Å². The Morgan fingerprint density at radius 2 is 2.44 bits per heavy atom. The first-order valence-corrected chi connectivity index (χ1v) is 5.33. The van der Waals surface area contributed by atoms with Gasteiger partial charge in [-0.05, 0) is 0 Å². The lowest BCUT2D eigenvalue weighted by Gasteiger charge is -2.10. The zero-order valence-electron chi connectivity index (χ0n) is 5.46. The molecule has 1 unspecified atom stereocenters. The molecule has 0 bridgehead atoms. The van der Waals surface area contributed by atoms with E-state index >= 15 is 0 Å². The lowest BCUT2D eigenvalue weighted by molar-refractivity contribution is 0.518. The minimum Gasteiger partial charge on any atom is -0.380 e. The van der Waals surface area contributed by atoms with Crippen molar-refractivity contribution < 1.29 is 4.21 Å². The average Bonchev–Trinajstić information content (AvgIpc) is 2.14. The van der Waals surface area contributed by atoms with E-state index in [1.807, 2.05) is 19.0 Å². The molecule has 0 aromatic carbocycles. The van der Waals surface area contributed by atoms with Gasteiger partial charge in [0, 0.05) is 31.0 Å². The summed E-state index contributed by atoms with van der Waals surface area (Å²) in [5.74, 6) is 0.889. The highest BCUT2D eigenvalue weighted by molar-refractivity contribution is 8.70. The molecule has 0 saturated carbocycles. The van der Waals surface area contributed by atoms with Gasteiger partial charge in [0.1, 0.15) is 9.83 Å². The van der Waals surface area contributed by atoms with Crippen molar-refractivity contribution in [3.05, 3.63) is 11.1 Å². The van der Waals surface area contributed by atoms with Gasteiger partial charge in [-0.15, -0.1) is 0 Å². The molecule has 2 nitrogen and oxygen atoms in total. The molecule has 1 rings (SSSR count). The van der Waals surface area contributed by atoms with Crippen molar-refractivity contribution in [2.45, 2.75) is 0 Å². The third-order valence-electron chi connectivity index (χ3n) is 1.13. The zero-order chi connectivity index (χ0) is 6.85. The molecule has 1 aliphatic heterocycles. The van der Waals surface area contributed by atoms with Crippen LogP contribution in [-0.4, -0.2) is 29.0 Å². The number of rotatable bonds is 1. The summed E-state index contributed by atoms with van der Waals surface area (Å²) in [7, 11) is 4.65. The minimum absolute atomic E-state index is 0.761. The molecule has 0 amide bonds. The fourth-order valence-electron chi connectivity index (χ4n) is 0.532. The fraction of sp³-hybridized carbons (Fsp3) is 0.600. The molecule has 9 heavy (non-hydrogen) atoms. The fourth-order valence-corrected chi connectivity index (χ4v) is 3.05. The van der Waals surface area contributed by atoms with Crippen LogP contribution in [0.2, 0.25) is 0 Å². The van der Waals surface area contributed by atoms with Crippen LogP contribution in [0.25, 0.3) is 0 Å². The zero-order valence-corrected chi connectivity index (χ0v) is 7.09. The molecule has 4 heteroatoms. The van der Waals surface area contributed by atoms with Crippen LogP contribution in [0.3, 0.4) is 0 Å². The normalized spacial score (nSPS) is 26.0. The summed E-state index contributed by atoms with van der Waals surface area (Å²) in [6.45, 7) is 0. The molecule has 0 radical (unpaired) electrons. The summed E-state index contributed by atoms with van der Waals surface area (Å²) in [6, 6.07) is 0. The van der Waals surface area contributed by atoms with E-state index in [1.54, 1.807) is 5.41 Å². The summed E-state index contributed by atoms with van der Waals surface area (Å²) < 4.78 is 10.7. The summed E-state index contributed by atoms with van der Waals surface area (Å²) in [5, 5.41) is 1.80. The quantitative estimate of drug-likeness (QED) is 0.533. The Bertz CT molecular complexity index is 164. The molecular formula is C5H9NOS2. The first-order valence-electron chi connectivity index (χ1n) is 2.62. The highest BCUT2D eigenvalue weighted by Crippen LogP contribution is 2.23. The van der Waals surface area contributed by atoms with Gasteiger partial charge in [-0.25, -0.2) is 4.21 Å². The third kappa shape index (κ3) is 1.72. The standard InChI is InChI=1S/C5H9NOS2/c1-6(2)5-3-8-9(7)4-5/h4H,3H2,1-2H3. The van der Waals surface area contributed by atoms with Crippen LogP contribution in [0.15, 0.2) is 11.1 Å². The topological polar surface area (TPSA) is 20.3 Å². The molecule has 0 N–H and O–H groups in total. The van der Waals surface area contributed by atoms with Crippen LogP contribution >= 0.6 is 10.8 Å². The number of hydrogen-bond donors (Lipinski definition) is 0. The molecule has 0 spiro atoms. The van der Waals surface area contributed by atoms with Gasteiger partial charge in [0.05, 0.1) is 0 Å². The summed E-state index contributed by atoms with van der Waals surface area (Å²) >= 11 is 0. The van der Waals surface area contributed by atoms with E-state index in [4.69, 9.17) is 0 Å². The van der Waals surface area contributed by atoms with Gasteiger partial charge >= 0.3 is 0 Å². The highest BCUT2D eigenvalue weighted by atomic mass is 33.1. The maximum absolute atomic E-state index is 10.7. The average molecular weight is 163 g/mol. The molecule has 0 aromatic heterocycles. The van der Waals surface area contributed by atoms with Crippen LogP contribution in [0, 0.1) is 0 Å². The smallest absolute Gasteiger partial charge is 0.107 e. The van der Waals surface area contributed by atoms with Gasteiger partial charge in [0.2, 0.25) is 0 Å². The Morgan fingerprint density at radius 1 is 1.78 bits per heavy atom. The van der Waals surface area contributed by atoms with E-state index in [0.717, 1.165) is 5.75 Å². The van der Waals surface area contributed by atoms with Crippen molar-refractivity contribution >= 4 is 20.6 Å². The lowest BCUT2D eigenvalue weighted by Crippen LogP contribution is -2.10. The van der Waals surface area contributed by atoms with Crippen molar-refractivity contribution in [1.82, 2.24) is 4.90 Å². The predicted molar refractivity (Wildman–Crippen MR) is 42.4 cm³/mol. The van der Waals surface area contributed by atoms with Gasteiger partial charge in [-0.2, -0.15) is 0 Å². The van der Waals surface area contributed by atoms with E-state index in [0.29, 0.717) is 0 Å². The second-order valence-corrected chi connectivity index (χ2v) is 5.00. The maximum Gasteiger partial charge on any atom is 0.107 e.